The van der Waals surface area contributed by atoms with Gasteiger partial charge in [0, 0.05) is 29.9 Å². The number of hydrogen-bond acceptors (Lipinski definition) is 2. The van der Waals surface area contributed by atoms with Gasteiger partial charge in [-0.2, -0.15) is 0 Å². The van der Waals surface area contributed by atoms with Crippen molar-refractivity contribution in [2.24, 2.45) is 5.92 Å². The maximum absolute atomic E-state index is 12.3. The third-order valence-corrected chi connectivity index (χ3v) is 5.24. The summed E-state index contributed by atoms with van der Waals surface area (Å²) in [5.74, 6) is 0.780. The summed E-state index contributed by atoms with van der Waals surface area (Å²) in [7, 11) is 0. The molecule has 2 fully saturated rings. The van der Waals surface area contributed by atoms with E-state index in [1.54, 1.807) is 0 Å². The van der Waals surface area contributed by atoms with Gasteiger partial charge >= 0.3 is 0 Å². The second kappa shape index (κ2) is 6.93. The number of benzene rings is 1. The summed E-state index contributed by atoms with van der Waals surface area (Å²) in [5.41, 5.74) is 1.26. The molecule has 0 N–H and O–H groups in total. The fourth-order valence-electron chi connectivity index (χ4n) is 3.96. The lowest BCUT2D eigenvalue weighted by atomic mass is 9.79. The largest absolute Gasteiger partial charge is 0.299 e. The Morgan fingerprint density at radius 1 is 1.14 bits per heavy atom. The highest BCUT2D eigenvalue weighted by molar-refractivity contribution is 6.30. The first kappa shape index (κ1) is 15.1. The van der Waals surface area contributed by atoms with Crippen LogP contribution in [-0.4, -0.2) is 23.3 Å². The van der Waals surface area contributed by atoms with Gasteiger partial charge in [0.25, 0.3) is 0 Å². The normalized spacial score (nSPS) is 27.8. The lowest BCUT2D eigenvalue weighted by Crippen LogP contribution is -2.46. The number of nitrogens with zero attached hydrogens (tertiary/aromatic N) is 1. The Kier molecular flexibility index (Phi) is 4.97. The van der Waals surface area contributed by atoms with E-state index in [4.69, 9.17) is 11.6 Å². The molecule has 3 heteroatoms. The molecule has 2 nitrogen and oxygen atoms in total. The van der Waals surface area contributed by atoms with Crippen LogP contribution in [0.4, 0.5) is 0 Å². The fourth-order valence-corrected chi connectivity index (χ4v) is 4.17. The number of piperidine rings is 1. The fraction of sp³-hybridized carbons (Fsp3) is 0.611. The summed E-state index contributed by atoms with van der Waals surface area (Å²) in [5, 5.41) is 0.801. The summed E-state index contributed by atoms with van der Waals surface area (Å²) in [6.07, 6.45) is 7.89. The van der Waals surface area contributed by atoms with Crippen LogP contribution < -0.4 is 0 Å². The molecule has 1 aliphatic heterocycles. The number of hydrogen-bond donors (Lipinski definition) is 0. The van der Waals surface area contributed by atoms with Crippen LogP contribution in [0.15, 0.2) is 24.3 Å². The molecule has 0 radical (unpaired) electrons. The molecule has 0 spiro atoms. The van der Waals surface area contributed by atoms with Crippen LogP contribution >= 0.6 is 11.6 Å². The highest BCUT2D eigenvalue weighted by atomic mass is 35.5. The second-order valence-electron chi connectivity index (χ2n) is 6.48. The molecule has 114 valence electrons. The monoisotopic (exact) mass is 305 g/mol. The second-order valence-corrected chi connectivity index (χ2v) is 6.92. The van der Waals surface area contributed by atoms with E-state index in [-0.39, 0.29) is 5.92 Å². The van der Waals surface area contributed by atoms with Crippen LogP contribution in [0.3, 0.4) is 0 Å². The van der Waals surface area contributed by atoms with E-state index in [0.717, 1.165) is 37.4 Å². The molecule has 2 aliphatic rings. The van der Waals surface area contributed by atoms with Crippen molar-refractivity contribution < 1.29 is 4.79 Å². The lowest BCUT2D eigenvalue weighted by Gasteiger charge is -2.41. The Hall–Kier alpha value is -0.860. The maximum atomic E-state index is 12.3. The van der Waals surface area contributed by atoms with Crippen LogP contribution in [-0.2, 0) is 11.3 Å². The minimum atomic E-state index is 0.276. The van der Waals surface area contributed by atoms with E-state index in [0.29, 0.717) is 11.8 Å². The quantitative estimate of drug-likeness (QED) is 0.822. The Balaban J connectivity index is 1.73. The van der Waals surface area contributed by atoms with Crippen LogP contribution in [0.2, 0.25) is 5.02 Å². The highest BCUT2D eigenvalue weighted by Crippen LogP contribution is 2.32. The molecule has 2 unspecified atom stereocenters. The van der Waals surface area contributed by atoms with Gasteiger partial charge in [0.15, 0.2) is 0 Å². The van der Waals surface area contributed by atoms with Crippen molar-refractivity contribution in [2.75, 3.05) is 6.54 Å². The van der Waals surface area contributed by atoms with Crippen molar-refractivity contribution in [1.29, 1.82) is 0 Å². The molecule has 1 saturated heterocycles. The van der Waals surface area contributed by atoms with Gasteiger partial charge in [0.2, 0.25) is 0 Å². The molecule has 2 atom stereocenters. The predicted molar refractivity (Wildman–Crippen MR) is 86.5 cm³/mol. The molecule has 21 heavy (non-hydrogen) atoms. The molecular formula is C18H24ClNO. The van der Waals surface area contributed by atoms with Gasteiger partial charge in [0.1, 0.15) is 5.78 Å². The number of Topliss-reactive ketones (excluding diaryl/α,β-unsaturated/α-hetero) is 1. The topological polar surface area (TPSA) is 20.3 Å². The van der Waals surface area contributed by atoms with Crippen LogP contribution in [0.1, 0.15) is 50.5 Å². The van der Waals surface area contributed by atoms with Gasteiger partial charge in [-0.05, 0) is 49.9 Å². The van der Waals surface area contributed by atoms with E-state index in [9.17, 15) is 4.79 Å². The summed E-state index contributed by atoms with van der Waals surface area (Å²) in [6, 6.07) is 8.58. The molecular weight excluding hydrogens is 282 g/mol. The number of halogens is 1. The molecule has 1 heterocycles. The van der Waals surface area contributed by atoms with Crippen LogP contribution in [0.25, 0.3) is 0 Å². The number of likely N-dealkylation sites (tertiary alicyclic amines) is 1. The number of carbonyl (C=O) groups is 1. The van der Waals surface area contributed by atoms with Gasteiger partial charge in [0.05, 0.1) is 0 Å². The zero-order chi connectivity index (χ0) is 14.7. The molecule has 0 aromatic heterocycles. The van der Waals surface area contributed by atoms with Gasteiger partial charge < -0.3 is 0 Å². The number of carbonyl (C=O) groups excluding carboxylic acids is 1. The Morgan fingerprint density at radius 2 is 2.00 bits per heavy atom. The minimum Gasteiger partial charge on any atom is -0.299 e. The van der Waals surface area contributed by atoms with Crippen molar-refractivity contribution in [3.05, 3.63) is 34.9 Å². The van der Waals surface area contributed by atoms with Crippen molar-refractivity contribution in [3.63, 3.8) is 0 Å². The third-order valence-electron chi connectivity index (χ3n) is 5.01. The first-order valence-electron chi connectivity index (χ1n) is 8.25. The molecule has 0 bridgehead atoms. The van der Waals surface area contributed by atoms with Crippen LogP contribution in [0.5, 0.6) is 0 Å². The van der Waals surface area contributed by atoms with E-state index >= 15 is 0 Å². The molecule has 1 aromatic carbocycles. The zero-order valence-corrected chi connectivity index (χ0v) is 13.3. The average Bonchev–Trinajstić information content (AvgIpc) is 2.49. The van der Waals surface area contributed by atoms with E-state index in [1.807, 2.05) is 12.1 Å². The Labute approximate surface area is 132 Å². The van der Waals surface area contributed by atoms with Crippen molar-refractivity contribution >= 4 is 17.4 Å². The van der Waals surface area contributed by atoms with E-state index < -0.39 is 0 Å². The van der Waals surface area contributed by atoms with Gasteiger partial charge in [-0.1, -0.05) is 36.6 Å². The van der Waals surface area contributed by atoms with Crippen molar-refractivity contribution in [2.45, 2.75) is 57.5 Å². The average molecular weight is 306 g/mol. The molecule has 1 aromatic rings. The number of rotatable bonds is 3. The first-order chi connectivity index (χ1) is 10.2. The van der Waals surface area contributed by atoms with Crippen molar-refractivity contribution in [1.82, 2.24) is 4.90 Å². The van der Waals surface area contributed by atoms with Crippen LogP contribution in [0, 0.1) is 5.92 Å². The molecule has 3 rings (SSSR count). The van der Waals surface area contributed by atoms with E-state index in [1.165, 1.54) is 31.2 Å². The van der Waals surface area contributed by atoms with E-state index in [2.05, 4.69) is 17.0 Å². The Bertz CT molecular complexity index is 502. The smallest absolute Gasteiger partial charge is 0.137 e. The standard InChI is InChI=1S/C18H24ClNO/c19-15-7-5-6-14(12-15)13-20-11-4-3-9-17(20)16-8-1-2-10-18(16)21/h5-7,12,16-17H,1-4,8-11,13H2. The summed E-state index contributed by atoms with van der Waals surface area (Å²) in [6.45, 7) is 2.04. The molecule has 1 saturated carbocycles. The summed E-state index contributed by atoms with van der Waals surface area (Å²) < 4.78 is 0. The van der Waals surface area contributed by atoms with Gasteiger partial charge in [-0.3, -0.25) is 9.69 Å². The summed E-state index contributed by atoms with van der Waals surface area (Å²) in [4.78, 5) is 14.8. The molecule has 0 amide bonds. The van der Waals surface area contributed by atoms with Crippen molar-refractivity contribution in [3.8, 4) is 0 Å². The zero-order valence-electron chi connectivity index (χ0n) is 12.6. The SMILES string of the molecule is O=C1CCCCC1C1CCCCN1Cc1cccc(Cl)c1. The lowest BCUT2D eigenvalue weighted by molar-refractivity contribution is -0.127. The first-order valence-corrected chi connectivity index (χ1v) is 8.63. The number of ketones is 1. The Morgan fingerprint density at radius 3 is 2.81 bits per heavy atom. The minimum absolute atomic E-state index is 0.276. The third kappa shape index (κ3) is 3.67. The van der Waals surface area contributed by atoms with Gasteiger partial charge in [-0.25, -0.2) is 0 Å². The molecule has 1 aliphatic carbocycles. The predicted octanol–water partition coefficient (Wildman–Crippen LogP) is 4.45. The maximum Gasteiger partial charge on any atom is 0.137 e. The highest BCUT2D eigenvalue weighted by Gasteiger charge is 2.35. The van der Waals surface area contributed by atoms with Gasteiger partial charge in [-0.15, -0.1) is 0 Å². The summed E-state index contributed by atoms with van der Waals surface area (Å²) >= 11 is 6.10.